The van der Waals surface area contributed by atoms with E-state index in [1.54, 1.807) is 12.1 Å². The molecule has 0 spiro atoms. The molecule has 0 unspecified atom stereocenters. The zero-order chi connectivity index (χ0) is 11.7. The summed E-state index contributed by atoms with van der Waals surface area (Å²) in [5.41, 5.74) is 1.29. The summed E-state index contributed by atoms with van der Waals surface area (Å²) in [7, 11) is 0. The van der Waals surface area contributed by atoms with Gasteiger partial charge >= 0.3 is 5.79 Å². The second kappa shape index (κ2) is 3.80. The number of Topliss-reactive ketones (excluding diaryl/α,β-unsaturated/α-hetero) is 1. The second-order valence-electron chi connectivity index (χ2n) is 3.84. The van der Waals surface area contributed by atoms with Crippen LogP contribution in [0.15, 0.2) is 60.7 Å². The Labute approximate surface area is 98.5 Å². The molecule has 0 N–H and O–H groups in total. The van der Waals surface area contributed by atoms with Crippen LogP contribution < -0.4 is 0 Å². The predicted octanol–water partition coefficient (Wildman–Crippen LogP) is 2.68. The van der Waals surface area contributed by atoms with Crippen LogP contribution in [0, 0.1) is 0 Å². The molecular weight excluding hydrogens is 216 g/mol. The molecule has 0 bridgehead atoms. The van der Waals surface area contributed by atoms with E-state index in [0.717, 1.165) is 0 Å². The van der Waals surface area contributed by atoms with Crippen LogP contribution in [0.5, 0.6) is 0 Å². The van der Waals surface area contributed by atoms with Crippen molar-refractivity contribution in [3.8, 4) is 0 Å². The van der Waals surface area contributed by atoms with E-state index in [1.807, 2.05) is 48.5 Å². The Morgan fingerprint density at radius 3 is 1.88 bits per heavy atom. The number of benzene rings is 2. The fourth-order valence-electron chi connectivity index (χ4n) is 1.78. The number of ketones is 1. The summed E-state index contributed by atoms with van der Waals surface area (Å²) in [6.07, 6.45) is 0. The molecule has 17 heavy (non-hydrogen) atoms. The first-order valence-electron chi connectivity index (χ1n) is 5.35. The van der Waals surface area contributed by atoms with E-state index >= 15 is 0 Å². The first-order valence-corrected chi connectivity index (χ1v) is 5.35. The molecule has 1 heterocycles. The summed E-state index contributed by atoms with van der Waals surface area (Å²) in [4.78, 5) is 22.2. The van der Waals surface area contributed by atoms with Crippen molar-refractivity contribution < 1.29 is 14.6 Å². The standard InChI is InChI=1S/C14H10O3/c15-13(11-7-3-1-4-8-11)14(16-17-14)12-9-5-2-6-10-12/h1-10H. The summed E-state index contributed by atoms with van der Waals surface area (Å²) >= 11 is 0. The molecular formula is C14H10O3. The van der Waals surface area contributed by atoms with E-state index in [4.69, 9.17) is 9.78 Å². The van der Waals surface area contributed by atoms with E-state index < -0.39 is 5.79 Å². The lowest BCUT2D eigenvalue weighted by molar-refractivity contribution is 0.0850. The lowest BCUT2D eigenvalue weighted by Gasteiger charge is -2.06. The fraction of sp³-hybridized carbons (Fsp3) is 0.0714. The van der Waals surface area contributed by atoms with E-state index in [1.165, 1.54) is 0 Å². The number of hydrogen-bond acceptors (Lipinski definition) is 3. The van der Waals surface area contributed by atoms with Gasteiger partial charge < -0.3 is 0 Å². The Morgan fingerprint density at radius 2 is 1.35 bits per heavy atom. The van der Waals surface area contributed by atoms with Gasteiger partial charge in [-0.3, -0.25) is 4.79 Å². The van der Waals surface area contributed by atoms with Crippen molar-refractivity contribution in [2.75, 3.05) is 0 Å². The summed E-state index contributed by atoms with van der Waals surface area (Å²) in [6, 6.07) is 18.2. The first-order chi connectivity index (χ1) is 8.33. The van der Waals surface area contributed by atoms with Crippen molar-refractivity contribution >= 4 is 5.78 Å². The Kier molecular flexibility index (Phi) is 2.28. The molecule has 1 fully saturated rings. The van der Waals surface area contributed by atoms with Gasteiger partial charge in [0.05, 0.1) is 0 Å². The van der Waals surface area contributed by atoms with Crippen molar-refractivity contribution in [3.05, 3.63) is 71.8 Å². The maximum atomic E-state index is 12.3. The van der Waals surface area contributed by atoms with Crippen LogP contribution in [-0.2, 0) is 15.6 Å². The van der Waals surface area contributed by atoms with Gasteiger partial charge in [-0.2, -0.15) is 9.78 Å². The summed E-state index contributed by atoms with van der Waals surface area (Å²) in [5.74, 6) is -1.41. The molecule has 1 aliphatic heterocycles. The number of carbonyl (C=O) groups is 1. The molecule has 0 amide bonds. The highest BCUT2D eigenvalue weighted by Gasteiger charge is 2.58. The van der Waals surface area contributed by atoms with Crippen LogP contribution in [0.1, 0.15) is 15.9 Å². The molecule has 0 atom stereocenters. The lowest BCUT2D eigenvalue weighted by atomic mass is 9.98. The van der Waals surface area contributed by atoms with Crippen molar-refractivity contribution in [2.24, 2.45) is 0 Å². The summed E-state index contributed by atoms with van der Waals surface area (Å²) in [5, 5.41) is 0. The third kappa shape index (κ3) is 1.65. The largest absolute Gasteiger partial charge is 0.320 e. The number of carbonyl (C=O) groups excluding carboxylic acids is 1. The van der Waals surface area contributed by atoms with Crippen molar-refractivity contribution in [2.45, 2.75) is 5.79 Å². The van der Waals surface area contributed by atoms with Gasteiger partial charge in [-0.25, -0.2) is 0 Å². The minimum atomic E-state index is -1.23. The second-order valence-corrected chi connectivity index (χ2v) is 3.84. The predicted molar refractivity (Wildman–Crippen MR) is 61.1 cm³/mol. The van der Waals surface area contributed by atoms with Gasteiger partial charge in [-0.15, -0.1) is 0 Å². The Hall–Kier alpha value is -1.97. The molecule has 1 saturated heterocycles. The van der Waals surface area contributed by atoms with Crippen molar-refractivity contribution in [1.82, 2.24) is 0 Å². The van der Waals surface area contributed by atoms with E-state index in [9.17, 15) is 4.79 Å². The molecule has 84 valence electrons. The zero-order valence-corrected chi connectivity index (χ0v) is 9.00. The highest BCUT2D eigenvalue weighted by molar-refractivity contribution is 6.02. The Balaban J connectivity index is 1.98. The maximum absolute atomic E-state index is 12.3. The van der Waals surface area contributed by atoms with E-state index in [-0.39, 0.29) is 5.78 Å². The van der Waals surface area contributed by atoms with Crippen LogP contribution >= 0.6 is 0 Å². The van der Waals surface area contributed by atoms with Gasteiger partial charge in [0.25, 0.3) is 0 Å². The van der Waals surface area contributed by atoms with Gasteiger partial charge in [-0.1, -0.05) is 60.7 Å². The quantitative estimate of drug-likeness (QED) is 0.459. The molecule has 1 aliphatic rings. The van der Waals surface area contributed by atoms with Gasteiger partial charge in [0.1, 0.15) is 0 Å². The fourth-order valence-corrected chi connectivity index (χ4v) is 1.78. The van der Waals surface area contributed by atoms with Crippen LogP contribution in [0.2, 0.25) is 0 Å². The van der Waals surface area contributed by atoms with Crippen molar-refractivity contribution in [1.29, 1.82) is 0 Å². The van der Waals surface area contributed by atoms with E-state index in [0.29, 0.717) is 11.1 Å². The topological polar surface area (TPSA) is 42.1 Å². The molecule has 0 aliphatic carbocycles. The average Bonchev–Trinajstić information content (AvgIpc) is 3.21. The summed E-state index contributed by atoms with van der Waals surface area (Å²) in [6.45, 7) is 0. The number of rotatable bonds is 3. The summed E-state index contributed by atoms with van der Waals surface area (Å²) < 4.78 is 0. The van der Waals surface area contributed by atoms with Crippen molar-refractivity contribution in [3.63, 3.8) is 0 Å². The first kappa shape index (κ1) is 10.2. The average molecular weight is 226 g/mol. The highest BCUT2D eigenvalue weighted by Crippen LogP contribution is 2.43. The molecule has 3 heteroatoms. The molecule has 0 saturated carbocycles. The molecule has 3 nitrogen and oxygen atoms in total. The van der Waals surface area contributed by atoms with Gasteiger partial charge in [0, 0.05) is 11.1 Å². The van der Waals surface area contributed by atoms with Gasteiger partial charge in [-0.05, 0) is 0 Å². The van der Waals surface area contributed by atoms with Crippen LogP contribution in [0.4, 0.5) is 0 Å². The zero-order valence-electron chi connectivity index (χ0n) is 9.00. The normalized spacial score (nSPS) is 16.5. The van der Waals surface area contributed by atoms with Crippen LogP contribution in [0.25, 0.3) is 0 Å². The molecule has 0 radical (unpaired) electrons. The Bertz CT molecular complexity index is 530. The van der Waals surface area contributed by atoms with Gasteiger partial charge in [0.2, 0.25) is 5.78 Å². The highest BCUT2D eigenvalue weighted by atomic mass is 17.4. The molecule has 0 aromatic heterocycles. The minimum Gasteiger partial charge on any atom is -0.287 e. The Morgan fingerprint density at radius 1 is 0.824 bits per heavy atom. The molecule has 3 rings (SSSR count). The third-order valence-corrected chi connectivity index (χ3v) is 2.74. The van der Waals surface area contributed by atoms with Crippen LogP contribution in [0.3, 0.4) is 0 Å². The molecule has 2 aromatic carbocycles. The van der Waals surface area contributed by atoms with Crippen LogP contribution in [-0.4, -0.2) is 5.78 Å². The minimum absolute atomic E-state index is 0.177. The SMILES string of the molecule is O=C(c1ccccc1)C1(c2ccccc2)OO1. The maximum Gasteiger partial charge on any atom is 0.320 e. The molecule has 2 aromatic rings. The smallest absolute Gasteiger partial charge is 0.287 e. The van der Waals surface area contributed by atoms with E-state index in [2.05, 4.69) is 0 Å². The number of hydrogen-bond donors (Lipinski definition) is 0. The lowest BCUT2D eigenvalue weighted by Crippen LogP contribution is -2.21. The van der Waals surface area contributed by atoms with Gasteiger partial charge in [0.15, 0.2) is 0 Å². The third-order valence-electron chi connectivity index (χ3n) is 2.74. The monoisotopic (exact) mass is 226 g/mol.